The molecule has 2 fully saturated rings. The Morgan fingerprint density at radius 1 is 1.16 bits per heavy atom. The first-order valence-electron chi connectivity index (χ1n) is 10.6. The number of nitro groups is 1. The van der Waals surface area contributed by atoms with Gasteiger partial charge in [0.2, 0.25) is 0 Å². The number of nitrogens with one attached hydrogen (secondary N) is 1. The minimum atomic E-state index is -0.397. The standard InChI is InChI=1S/C23H26BrN3O4/c24-19-5-3-4-18(15-19)23(8-12-31-13-9-23)16-25-22(28)17-6-7-20(21(14-17)27(29)30)26-10-1-2-11-26/h3-7,14-15H,1-2,8-13,16H2,(H,25,28). The summed E-state index contributed by atoms with van der Waals surface area (Å²) >= 11 is 3.54. The lowest BCUT2D eigenvalue weighted by Crippen LogP contribution is -2.44. The van der Waals surface area contributed by atoms with Crippen molar-refractivity contribution in [1.29, 1.82) is 0 Å². The Labute approximate surface area is 190 Å². The van der Waals surface area contributed by atoms with Gasteiger partial charge >= 0.3 is 0 Å². The van der Waals surface area contributed by atoms with E-state index in [0.29, 0.717) is 31.0 Å². The van der Waals surface area contributed by atoms with Crippen LogP contribution in [0.15, 0.2) is 46.9 Å². The van der Waals surface area contributed by atoms with Crippen LogP contribution in [0, 0.1) is 10.1 Å². The first-order chi connectivity index (χ1) is 15.0. The third-order valence-corrected chi connectivity index (χ3v) is 6.85. The van der Waals surface area contributed by atoms with E-state index in [0.717, 1.165) is 48.8 Å². The quantitative estimate of drug-likeness (QED) is 0.480. The van der Waals surface area contributed by atoms with E-state index >= 15 is 0 Å². The molecule has 2 aromatic carbocycles. The second-order valence-electron chi connectivity index (χ2n) is 8.24. The largest absolute Gasteiger partial charge is 0.381 e. The topological polar surface area (TPSA) is 84.7 Å². The van der Waals surface area contributed by atoms with Crippen LogP contribution in [0.4, 0.5) is 11.4 Å². The van der Waals surface area contributed by atoms with Gasteiger partial charge in [-0.05, 0) is 55.5 Å². The molecular formula is C23H26BrN3O4. The molecule has 2 aliphatic heterocycles. The molecule has 0 spiro atoms. The van der Waals surface area contributed by atoms with Gasteiger partial charge in [-0.15, -0.1) is 0 Å². The molecule has 2 heterocycles. The maximum absolute atomic E-state index is 12.9. The van der Waals surface area contributed by atoms with Crippen LogP contribution in [-0.2, 0) is 10.2 Å². The number of nitro benzene ring substituents is 1. The van der Waals surface area contributed by atoms with Crippen molar-refractivity contribution in [3.8, 4) is 0 Å². The molecule has 2 aliphatic rings. The van der Waals surface area contributed by atoms with Gasteiger partial charge in [-0.25, -0.2) is 0 Å². The minimum absolute atomic E-state index is 0.0117. The van der Waals surface area contributed by atoms with Gasteiger partial charge in [-0.2, -0.15) is 0 Å². The fraction of sp³-hybridized carbons (Fsp3) is 0.435. The molecule has 0 radical (unpaired) electrons. The van der Waals surface area contributed by atoms with E-state index in [1.807, 2.05) is 17.0 Å². The molecule has 2 saturated heterocycles. The number of benzene rings is 2. The Balaban J connectivity index is 1.54. The van der Waals surface area contributed by atoms with E-state index < -0.39 is 4.92 Å². The fourth-order valence-corrected chi connectivity index (χ4v) is 4.94. The average Bonchev–Trinajstić information content (AvgIpc) is 3.32. The summed E-state index contributed by atoms with van der Waals surface area (Å²) in [6, 6.07) is 12.9. The van der Waals surface area contributed by atoms with Crippen molar-refractivity contribution >= 4 is 33.2 Å². The lowest BCUT2D eigenvalue weighted by atomic mass is 9.74. The molecule has 164 valence electrons. The highest BCUT2D eigenvalue weighted by Crippen LogP contribution is 2.36. The van der Waals surface area contributed by atoms with Gasteiger partial charge in [0.25, 0.3) is 11.6 Å². The van der Waals surface area contributed by atoms with Crippen molar-refractivity contribution in [2.24, 2.45) is 0 Å². The maximum Gasteiger partial charge on any atom is 0.293 e. The van der Waals surface area contributed by atoms with E-state index in [1.54, 1.807) is 12.1 Å². The molecule has 0 bridgehead atoms. The molecule has 0 aromatic heterocycles. The molecule has 31 heavy (non-hydrogen) atoms. The van der Waals surface area contributed by atoms with Gasteiger partial charge in [0, 0.05) is 54.4 Å². The van der Waals surface area contributed by atoms with Crippen LogP contribution >= 0.6 is 15.9 Å². The number of rotatable bonds is 6. The number of halogens is 1. The molecule has 4 rings (SSSR count). The molecule has 1 amide bonds. The Bertz CT molecular complexity index is 969. The van der Waals surface area contributed by atoms with E-state index in [1.165, 1.54) is 6.07 Å². The van der Waals surface area contributed by atoms with Crippen LogP contribution in [0.1, 0.15) is 41.6 Å². The summed E-state index contributed by atoms with van der Waals surface area (Å²) in [6.07, 6.45) is 3.66. The Morgan fingerprint density at radius 2 is 1.90 bits per heavy atom. The summed E-state index contributed by atoms with van der Waals surface area (Å²) in [7, 11) is 0. The Hall–Kier alpha value is -2.45. The van der Waals surface area contributed by atoms with Crippen LogP contribution in [-0.4, -0.2) is 43.7 Å². The van der Waals surface area contributed by atoms with Gasteiger partial charge < -0.3 is 15.0 Å². The third-order valence-electron chi connectivity index (χ3n) is 6.36. The van der Waals surface area contributed by atoms with Crippen molar-refractivity contribution in [2.45, 2.75) is 31.1 Å². The summed E-state index contributed by atoms with van der Waals surface area (Å²) in [5, 5.41) is 14.7. The lowest BCUT2D eigenvalue weighted by Gasteiger charge is -2.38. The lowest BCUT2D eigenvalue weighted by molar-refractivity contribution is -0.384. The van der Waals surface area contributed by atoms with Gasteiger partial charge in [0.1, 0.15) is 5.69 Å². The summed E-state index contributed by atoms with van der Waals surface area (Å²) in [4.78, 5) is 26.2. The van der Waals surface area contributed by atoms with Crippen LogP contribution in [0.2, 0.25) is 0 Å². The van der Waals surface area contributed by atoms with Crippen LogP contribution in [0.3, 0.4) is 0 Å². The Kier molecular flexibility index (Phi) is 6.57. The van der Waals surface area contributed by atoms with Crippen LogP contribution in [0.25, 0.3) is 0 Å². The number of anilines is 1. The van der Waals surface area contributed by atoms with E-state index in [9.17, 15) is 14.9 Å². The number of ether oxygens (including phenoxy) is 1. The number of carbonyl (C=O) groups excluding carboxylic acids is 1. The van der Waals surface area contributed by atoms with E-state index in [2.05, 4.69) is 33.4 Å². The second-order valence-corrected chi connectivity index (χ2v) is 9.16. The summed E-state index contributed by atoms with van der Waals surface area (Å²) in [5.41, 5.74) is 1.82. The molecular weight excluding hydrogens is 462 g/mol. The second kappa shape index (κ2) is 9.36. The predicted octanol–water partition coefficient (Wildman–Crippen LogP) is 4.44. The third kappa shape index (κ3) is 4.75. The molecule has 0 unspecified atom stereocenters. The number of hydrogen-bond acceptors (Lipinski definition) is 5. The van der Waals surface area contributed by atoms with Gasteiger partial charge in [-0.3, -0.25) is 14.9 Å². The number of carbonyl (C=O) groups is 1. The number of nitrogens with zero attached hydrogens (tertiary/aromatic N) is 2. The van der Waals surface area contributed by atoms with Crippen molar-refractivity contribution in [3.63, 3.8) is 0 Å². The maximum atomic E-state index is 12.9. The number of amides is 1. The smallest absolute Gasteiger partial charge is 0.293 e. The zero-order valence-corrected chi connectivity index (χ0v) is 18.9. The highest BCUT2D eigenvalue weighted by atomic mass is 79.9. The average molecular weight is 488 g/mol. The normalized spacial score (nSPS) is 18.0. The first kappa shape index (κ1) is 21.8. The van der Waals surface area contributed by atoms with Crippen molar-refractivity contribution in [1.82, 2.24) is 5.32 Å². The summed E-state index contributed by atoms with van der Waals surface area (Å²) in [5.74, 6) is -0.295. The zero-order valence-electron chi connectivity index (χ0n) is 17.3. The van der Waals surface area contributed by atoms with Crippen molar-refractivity contribution in [3.05, 3.63) is 68.2 Å². The predicted molar refractivity (Wildman–Crippen MR) is 123 cm³/mol. The zero-order chi connectivity index (χ0) is 21.8. The highest BCUT2D eigenvalue weighted by molar-refractivity contribution is 9.10. The monoisotopic (exact) mass is 487 g/mol. The van der Waals surface area contributed by atoms with Crippen molar-refractivity contribution in [2.75, 3.05) is 37.7 Å². The fourth-order valence-electron chi connectivity index (χ4n) is 4.54. The summed E-state index contributed by atoms with van der Waals surface area (Å²) in [6.45, 7) is 3.34. The molecule has 0 saturated carbocycles. The summed E-state index contributed by atoms with van der Waals surface area (Å²) < 4.78 is 6.56. The van der Waals surface area contributed by atoms with Crippen LogP contribution < -0.4 is 10.2 Å². The van der Waals surface area contributed by atoms with Crippen molar-refractivity contribution < 1.29 is 14.5 Å². The molecule has 0 aliphatic carbocycles. The minimum Gasteiger partial charge on any atom is -0.381 e. The molecule has 0 atom stereocenters. The highest BCUT2D eigenvalue weighted by Gasteiger charge is 2.35. The molecule has 1 N–H and O–H groups in total. The molecule has 2 aromatic rings. The van der Waals surface area contributed by atoms with E-state index in [4.69, 9.17) is 4.74 Å². The van der Waals surface area contributed by atoms with Gasteiger partial charge in [0.15, 0.2) is 0 Å². The van der Waals surface area contributed by atoms with Gasteiger partial charge in [-0.1, -0.05) is 28.1 Å². The first-order valence-corrected chi connectivity index (χ1v) is 11.4. The SMILES string of the molecule is O=C(NCC1(c2cccc(Br)c2)CCOCC1)c1ccc(N2CCCC2)c([N+](=O)[O-])c1. The van der Waals surface area contributed by atoms with Crippen LogP contribution in [0.5, 0.6) is 0 Å². The Morgan fingerprint density at radius 3 is 2.58 bits per heavy atom. The molecule has 8 heteroatoms. The van der Waals surface area contributed by atoms with E-state index in [-0.39, 0.29) is 17.0 Å². The molecule has 7 nitrogen and oxygen atoms in total. The van der Waals surface area contributed by atoms with Gasteiger partial charge in [0.05, 0.1) is 4.92 Å². The number of hydrogen-bond donors (Lipinski definition) is 1.